The summed E-state index contributed by atoms with van der Waals surface area (Å²) in [5.41, 5.74) is 6.50. The van der Waals surface area contributed by atoms with Crippen LogP contribution in [-0.4, -0.2) is 77.1 Å². The highest BCUT2D eigenvalue weighted by atomic mass is 35.5. The number of thioether (sulfide) groups is 1. The van der Waals surface area contributed by atoms with Gasteiger partial charge in [0.25, 0.3) is 0 Å². The monoisotopic (exact) mass is 579 g/mol. The summed E-state index contributed by atoms with van der Waals surface area (Å²) >= 11 is 1.77. The van der Waals surface area contributed by atoms with Crippen molar-refractivity contribution >= 4 is 59.1 Å². The number of fused-ring (bicyclic) bond motifs is 1. The van der Waals surface area contributed by atoms with E-state index in [0.29, 0.717) is 30.3 Å². The summed E-state index contributed by atoms with van der Waals surface area (Å²) in [4.78, 5) is 22.9. The number of halogens is 5. The van der Waals surface area contributed by atoms with Crippen molar-refractivity contribution in [1.82, 2.24) is 14.8 Å². The van der Waals surface area contributed by atoms with Crippen LogP contribution in [0.25, 0.3) is 10.9 Å². The second-order valence-electron chi connectivity index (χ2n) is 9.80. The number of alkyl halides is 3. The average molecular weight is 581 g/mol. The topological polar surface area (TPSA) is 65.7 Å². The van der Waals surface area contributed by atoms with Crippen molar-refractivity contribution in [2.75, 3.05) is 49.3 Å². The zero-order valence-corrected chi connectivity index (χ0v) is 23.0. The lowest BCUT2D eigenvalue weighted by Crippen LogP contribution is -2.53. The number of carbonyl (C=O) groups excluding carboxylic acids is 1. The van der Waals surface area contributed by atoms with Gasteiger partial charge < -0.3 is 15.5 Å². The van der Waals surface area contributed by atoms with Crippen LogP contribution in [0.3, 0.4) is 0 Å². The molecule has 3 heterocycles. The molecule has 0 bridgehead atoms. The van der Waals surface area contributed by atoms with Crippen molar-refractivity contribution < 1.29 is 18.0 Å². The van der Waals surface area contributed by atoms with E-state index in [1.807, 2.05) is 17.0 Å². The Morgan fingerprint density at radius 2 is 1.70 bits per heavy atom. The first kappa shape index (κ1) is 30.1. The summed E-state index contributed by atoms with van der Waals surface area (Å²) in [6, 6.07) is 8.27. The lowest BCUT2D eigenvalue weighted by molar-refractivity contribution is -0.141. The Hall–Kier alpha value is -1.46. The number of nitrogens with zero attached hydrogens (tertiary/aromatic N) is 4. The Balaban J connectivity index is 0.00000190. The van der Waals surface area contributed by atoms with E-state index in [9.17, 15) is 18.0 Å². The maximum Gasteiger partial charge on any atom is 0.433 e. The second-order valence-corrected chi connectivity index (χ2v) is 10.9. The maximum atomic E-state index is 13.5. The molecule has 37 heavy (non-hydrogen) atoms. The molecule has 2 saturated heterocycles. The number of hydrogen-bond donors (Lipinski definition) is 1. The van der Waals surface area contributed by atoms with Crippen molar-refractivity contribution in [2.24, 2.45) is 11.7 Å². The molecule has 3 fully saturated rings. The molecule has 2 aliphatic heterocycles. The Morgan fingerprint density at radius 3 is 2.32 bits per heavy atom. The third-order valence-electron chi connectivity index (χ3n) is 7.75. The van der Waals surface area contributed by atoms with Gasteiger partial charge in [-0.25, -0.2) is 4.98 Å². The molecular formula is C25H34Cl2F3N5OS. The zero-order valence-electron chi connectivity index (χ0n) is 20.5. The molecule has 0 radical (unpaired) electrons. The number of carbonyl (C=O) groups is 1. The molecule has 2 aromatic rings. The molecule has 1 atom stereocenters. The van der Waals surface area contributed by atoms with Gasteiger partial charge in [0, 0.05) is 55.6 Å². The fourth-order valence-electron chi connectivity index (χ4n) is 5.72. The van der Waals surface area contributed by atoms with Gasteiger partial charge in [0.1, 0.15) is 5.69 Å². The van der Waals surface area contributed by atoms with Crippen molar-refractivity contribution in [3.05, 3.63) is 36.0 Å². The van der Waals surface area contributed by atoms with Crippen LogP contribution in [0.2, 0.25) is 0 Å². The highest BCUT2D eigenvalue weighted by molar-refractivity contribution is 7.99. The standard InChI is InChI=1S/C25H32F3N5OS.2ClH/c26-25(27,28)22-15-21(19-3-1-2-4-20(19)30-22)32-11-9-31(10-12-32)18-7-5-17(6-8-18)23(29)24(34)33-13-14-35-16-33;;/h1-4,15,17-18,23H,5-14,16,29H2;2*1H/t17-,18+,23-;;/m0../s1. The molecule has 1 aliphatic carbocycles. The number of para-hydroxylation sites is 1. The maximum absolute atomic E-state index is 13.5. The molecule has 0 spiro atoms. The zero-order chi connectivity index (χ0) is 24.6. The first-order valence-corrected chi connectivity index (χ1v) is 13.5. The minimum atomic E-state index is -4.48. The molecule has 206 valence electrons. The van der Waals surface area contributed by atoms with Crippen LogP contribution in [0, 0.1) is 5.92 Å². The smallest absolute Gasteiger partial charge is 0.368 e. The number of piperazine rings is 1. The fraction of sp³-hybridized carbons (Fsp3) is 0.600. The van der Waals surface area contributed by atoms with E-state index in [0.717, 1.165) is 62.3 Å². The molecule has 2 N–H and O–H groups in total. The van der Waals surface area contributed by atoms with Crippen molar-refractivity contribution in [2.45, 2.75) is 43.9 Å². The van der Waals surface area contributed by atoms with E-state index in [1.165, 1.54) is 6.07 Å². The van der Waals surface area contributed by atoms with Gasteiger partial charge >= 0.3 is 6.18 Å². The molecule has 0 unspecified atom stereocenters. The van der Waals surface area contributed by atoms with Crippen LogP contribution in [0.5, 0.6) is 0 Å². The van der Waals surface area contributed by atoms with Crippen molar-refractivity contribution in [3.63, 3.8) is 0 Å². The van der Waals surface area contributed by atoms with Gasteiger partial charge in [0.05, 0.1) is 17.4 Å². The van der Waals surface area contributed by atoms with Gasteiger partial charge in [0.2, 0.25) is 5.91 Å². The van der Waals surface area contributed by atoms with Crippen LogP contribution in [0.15, 0.2) is 30.3 Å². The first-order valence-electron chi connectivity index (χ1n) is 12.4. The molecule has 1 aromatic carbocycles. The second kappa shape index (κ2) is 12.6. The van der Waals surface area contributed by atoms with E-state index in [-0.39, 0.29) is 36.6 Å². The van der Waals surface area contributed by atoms with E-state index >= 15 is 0 Å². The van der Waals surface area contributed by atoms with Gasteiger partial charge in [-0.05, 0) is 43.7 Å². The SMILES string of the molecule is Cl.Cl.N[C@H](C(=O)N1CCSC1)[C@H]1CC[C@@H](N2CCN(c3cc(C(F)(F)F)nc4ccccc34)CC2)CC1. The van der Waals surface area contributed by atoms with Crippen LogP contribution in [0.4, 0.5) is 18.9 Å². The highest BCUT2D eigenvalue weighted by Gasteiger charge is 2.36. The Bertz CT molecular complexity index is 1060. The Labute approximate surface area is 232 Å². The fourth-order valence-corrected chi connectivity index (χ4v) is 6.67. The third-order valence-corrected chi connectivity index (χ3v) is 8.72. The first-order chi connectivity index (χ1) is 16.8. The van der Waals surface area contributed by atoms with Gasteiger partial charge in [0.15, 0.2) is 0 Å². The largest absolute Gasteiger partial charge is 0.433 e. The molecule has 3 aliphatic rings. The lowest BCUT2D eigenvalue weighted by atomic mass is 9.80. The molecule has 6 nitrogen and oxygen atoms in total. The summed E-state index contributed by atoms with van der Waals surface area (Å²) < 4.78 is 40.4. The normalized spacial score (nSPS) is 23.9. The number of aromatic nitrogens is 1. The number of pyridine rings is 1. The summed E-state index contributed by atoms with van der Waals surface area (Å²) in [6.45, 7) is 3.77. The van der Waals surface area contributed by atoms with Crippen LogP contribution in [0.1, 0.15) is 31.4 Å². The molecule has 1 amide bonds. The number of nitrogens with two attached hydrogens (primary N) is 1. The minimum absolute atomic E-state index is 0. The quantitative estimate of drug-likeness (QED) is 0.569. The number of anilines is 1. The van der Waals surface area contributed by atoms with E-state index in [1.54, 1.807) is 23.9 Å². The predicted molar refractivity (Wildman–Crippen MR) is 148 cm³/mol. The predicted octanol–water partition coefficient (Wildman–Crippen LogP) is 4.64. The summed E-state index contributed by atoms with van der Waals surface area (Å²) in [7, 11) is 0. The van der Waals surface area contributed by atoms with Crippen molar-refractivity contribution in [3.8, 4) is 0 Å². The summed E-state index contributed by atoms with van der Waals surface area (Å²) in [6.07, 6.45) is -0.561. The van der Waals surface area contributed by atoms with Gasteiger partial charge in [-0.1, -0.05) is 18.2 Å². The lowest BCUT2D eigenvalue weighted by Gasteiger charge is -2.43. The van der Waals surface area contributed by atoms with Crippen LogP contribution < -0.4 is 10.6 Å². The summed E-state index contributed by atoms with van der Waals surface area (Å²) in [5, 5.41) is 0.754. The number of amides is 1. The Kier molecular flexibility index (Phi) is 10.2. The minimum Gasteiger partial charge on any atom is -0.368 e. The van der Waals surface area contributed by atoms with E-state index in [2.05, 4.69) is 14.8 Å². The number of rotatable bonds is 4. The van der Waals surface area contributed by atoms with Crippen molar-refractivity contribution in [1.29, 1.82) is 0 Å². The molecule has 12 heteroatoms. The van der Waals surface area contributed by atoms with Gasteiger partial charge in [-0.15, -0.1) is 36.6 Å². The van der Waals surface area contributed by atoms with Gasteiger partial charge in [-0.2, -0.15) is 13.2 Å². The molecule has 1 saturated carbocycles. The van der Waals surface area contributed by atoms with Crippen LogP contribution >= 0.6 is 36.6 Å². The summed E-state index contributed by atoms with van der Waals surface area (Å²) in [5.74, 6) is 2.07. The highest BCUT2D eigenvalue weighted by Crippen LogP contribution is 2.36. The number of benzene rings is 1. The Morgan fingerprint density at radius 1 is 1.03 bits per heavy atom. The van der Waals surface area contributed by atoms with Gasteiger partial charge in [-0.3, -0.25) is 9.69 Å². The van der Waals surface area contributed by atoms with E-state index < -0.39 is 17.9 Å². The average Bonchev–Trinajstić information content (AvgIpc) is 3.42. The molecule has 1 aromatic heterocycles. The molecular weight excluding hydrogens is 546 g/mol. The van der Waals surface area contributed by atoms with Crippen LogP contribution in [-0.2, 0) is 11.0 Å². The third kappa shape index (κ3) is 6.58. The molecule has 5 rings (SSSR count). The van der Waals surface area contributed by atoms with E-state index in [4.69, 9.17) is 5.73 Å². The number of hydrogen-bond acceptors (Lipinski definition) is 6.